The Morgan fingerprint density at radius 3 is 1.96 bits per heavy atom. The largest absolute Gasteiger partial charge is 0.502 e. The van der Waals surface area contributed by atoms with Crippen LogP contribution in [0.1, 0.15) is 58.3 Å². The first-order chi connectivity index (χ1) is 13.5. The summed E-state index contributed by atoms with van der Waals surface area (Å²) in [7, 11) is 0. The van der Waals surface area contributed by atoms with E-state index in [1.807, 2.05) is 0 Å². The summed E-state index contributed by atoms with van der Waals surface area (Å²) in [5.41, 5.74) is 5.09. The van der Waals surface area contributed by atoms with Gasteiger partial charge in [0.05, 0.1) is 25.7 Å². The van der Waals surface area contributed by atoms with Crippen LogP contribution in [0.2, 0.25) is 0 Å². The van der Waals surface area contributed by atoms with E-state index in [4.69, 9.17) is 24.7 Å². The lowest BCUT2D eigenvalue weighted by Gasteiger charge is -2.25. The SMILES string of the molecule is C=COCCCCN(CCCCOC=C)C(=O)OC(CCCCC)OC(N)=O. The summed E-state index contributed by atoms with van der Waals surface area (Å²) < 4.78 is 20.5. The Labute approximate surface area is 168 Å². The molecule has 0 aromatic carbocycles. The van der Waals surface area contributed by atoms with Crippen LogP contribution in [0, 0.1) is 0 Å². The fourth-order valence-corrected chi connectivity index (χ4v) is 2.46. The number of nitrogens with zero attached hydrogens (tertiary/aromatic N) is 1. The standard InChI is InChI=1S/C20H36N2O6/c1-4-7-8-13-18(27-19(21)23)28-20(24)22(14-9-11-16-25-5-2)15-10-12-17-26-6-3/h5-6,18H,2-4,7-17H2,1H3,(H2,21,23). The van der Waals surface area contributed by atoms with Crippen LogP contribution in [0.4, 0.5) is 9.59 Å². The molecule has 0 aliphatic rings. The van der Waals surface area contributed by atoms with Gasteiger partial charge in [0.25, 0.3) is 6.29 Å². The first-order valence-corrected chi connectivity index (χ1v) is 9.91. The highest BCUT2D eigenvalue weighted by molar-refractivity contribution is 5.68. The van der Waals surface area contributed by atoms with Crippen LogP contribution in [0.3, 0.4) is 0 Å². The number of amides is 2. The summed E-state index contributed by atoms with van der Waals surface area (Å²) in [6.07, 6.45) is 6.59. The molecule has 0 rings (SSSR count). The number of nitrogens with two attached hydrogens (primary N) is 1. The Balaban J connectivity index is 4.63. The van der Waals surface area contributed by atoms with E-state index in [0.717, 1.165) is 44.9 Å². The Morgan fingerprint density at radius 2 is 1.50 bits per heavy atom. The average Bonchev–Trinajstić information content (AvgIpc) is 2.65. The second kappa shape index (κ2) is 18.0. The predicted molar refractivity (Wildman–Crippen MR) is 107 cm³/mol. The Hall–Kier alpha value is -2.38. The number of carbonyl (C=O) groups is 2. The molecule has 0 spiro atoms. The summed E-state index contributed by atoms with van der Waals surface area (Å²) in [4.78, 5) is 25.3. The molecule has 2 amide bonds. The zero-order valence-electron chi connectivity index (χ0n) is 17.1. The molecule has 8 nitrogen and oxygen atoms in total. The van der Waals surface area contributed by atoms with Crippen LogP contribution in [0.5, 0.6) is 0 Å². The van der Waals surface area contributed by atoms with E-state index in [2.05, 4.69) is 20.1 Å². The molecule has 0 fully saturated rings. The van der Waals surface area contributed by atoms with Crippen LogP contribution in [-0.4, -0.2) is 49.7 Å². The minimum absolute atomic E-state index is 0.427. The molecule has 0 saturated carbocycles. The van der Waals surface area contributed by atoms with Crippen LogP contribution >= 0.6 is 0 Å². The molecule has 0 aliphatic heterocycles. The van der Waals surface area contributed by atoms with Gasteiger partial charge in [0.15, 0.2) is 0 Å². The zero-order valence-corrected chi connectivity index (χ0v) is 17.1. The molecule has 1 atom stereocenters. The van der Waals surface area contributed by atoms with E-state index in [1.165, 1.54) is 12.5 Å². The molecule has 0 bridgehead atoms. The minimum Gasteiger partial charge on any atom is -0.502 e. The Kier molecular flexibility index (Phi) is 16.5. The van der Waals surface area contributed by atoms with Gasteiger partial charge >= 0.3 is 12.2 Å². The molecule has 1 unspecified atom stereocenters. The molecule has 8 heteroatoms. The van der Waals surface area contributed by atoms with Gasteiger partial charge in [-0.2, -0.15) is 0 Å². The number of hydrogen-bond acceptors (Lipinski definition) is 6. The van der Waals surface area contributed by atoms with Gasteiger partial charge in [0.2, 0.25) is 0 Å². The molecule has 0 aliphatic carbocycles. The van der Waals surface area contributed by atoms with Crippen molar-refractivity contribution < 1.29 is 28.5 Å². The monoisotopic (exact) mass is 400 g/mol. The summed E-state index contributed by atoms with van der Waals surface area (Å²) >= 11 is 0. The third-order valence-corrected chi connectivity index (χ3v) is 3.90. The first-order valence-electron chi connectivity index (χ1n) is 9.91. The number of unbranched alkanes of at least 4 members (excludes halogenated alkanes) is 4. The van der Waals surface area contributed by atoms with Crippen molar-refractivity contribution in [3.8, 4) is 0 Å². The van der Waals surface area contributed by atoms with Crippen LogP contribution < -0.4 is 5.73 Å². The van der Waals surface area contributed by atoms with Gasteiger partial charge in [-0.25, -0.2) is 9.59 Å². The van der Waals surface area contributed by atoms with E-state index in [9.17, 15) is 9.59 Å². The zero-order chi connectivity index (χ0) is 21.0. The highest BCUT2D eigenvalue weighted by atomic mass is 16.7. The lowest BCUT2D eigenvalue weighted by Crippen LogP contribution is -2.38. The van der Waals surface area contributed by atoms with Crippen molar-refractivity contribution in [3.05, 3.63) is 25.7 Å². The molecule has 0 aromatic rings. The van der Waals surface area contributed by atoms with Crippen LogP contribution in [-0.2, 0) is 18.9 Å². The van der Waals surface area contributed by atoms with Gasteiger partial charge in [-0.1, -0.05) is 32.9 Å². The molecular formula is C20H36N2O6. The molecule has 0 aromatic heterocycles. The highest BCUT2D eigenvalue weighted by Gasteiger charge is 2.22. The van der Waals surface area contributed by atoms with E-state index in [0.29, 0.717) is 32.7 Å². The highest BCUT2D eigenvalue weighted by Crippen LogP contribution is 2.12. The second-order valence-electron chi connectivity index (χ2n) is 6.22. The quantitative estimate of drug-likeness (QED) is 0.209. The van der Waals surface area contributed by atoms with Crippen molar-refractivity contribution in [2.75, 3.05) is 26.3 Å². The maximum absolute atomic E-state index is 12.6. The second-order valence-corrected chi connectivity index (χ2v) is 6.22. The summed E-state index contributed by atoms with van der Waals surface area (Å²) in [5.74, 6) is 0. The third kappa shape index (κ3) is 14.8. The Morgan fingerprint density at radius 1 is 0.929 bits per heavy atom. The summed E-state index contributed by atoms with van der Waals surface area (Å²) in [6, 6.07) is 0. The third-order valence-electron chi connectivity index (χ3n) is 3.90. The van der Waals surface area contributed by atoms with Gasteiger partial charge in [-0.05, 0) is 32.1 Å². The normalized spacial score (nSPS) is 11.2. The smallest absolute Gasteiger partial charge is 0.412 e. The van der Waals surface area contributed by atoms with Crippen molar-refractivity contribution in [1.29, 1.82) is 0 Å². The summed E-state index contributed by atoms with van der Waals surface area (Å²) in [6.45, 7) is 11.2. The number of carbonyl (C=O) groups excluding carboxylic acids is 2. The molecule has 0 radical (unpaired) electrons. The molecule has 2 N–H and O–H groups in total. The maximum atomic E-state index is 12.6. The lowest BCUT2D eigenvalue weighted by molar-refractivity contribution is -0.0742. The van der Waals surface area contributed by atoms with E-state index in [-0.39, 0.29) is 0 Å². The van der Waals surface area contributed by atoms with Crippen molar-refractivity contribution >= 4 is 12.2 Å². The maximum Gasteiger partial charge on any atom is 0.412 e. The average molecular weight is 401 g/mol. The number of hydrogen-bond donors (Lipinski definition) is 1. The predicted octanol–water partition coefficient (Wildman–Crippen LogP) is 4.31. The van der Waals surface area contributed by atoms with Gasteiger partial charge in [0, 0.05) is 19.5 Å². The van der Waals surface area contributed by atoms with Gasteiger partial charge in [-0.15, -0.1) is 0 Å². The number of ether oxygens (including phenoxy) is 4. The molecule has 162 valence electrons. The molecule has 0 saturated heterocycles. The minimum atomic E-state index is -0.966. The summed E-state index contributed by atoms with van der Waals surface area (Å²) in [5, 5.41) is 0. The fraction of sp³-hybridized carbons (Fsp3) is 0.700. The molecule has 28 heavy (non-hydrogen) atoms. The molecular weight excluding hydrogens is 364 g/mol. The van der Waals surface area contributed by atoms with Gasteiger partial charge in [0.1, 0.15) is 0 Å². The van der Waals surface area contributed by atoms with Crippen molar-refractivity contribution in [3.63, 3.8) is 0 Å². The number of rotatable bonds is 18. The van der Waals surface area contributed by atoms with Crippen LogP contribution in [0.25, 0.3) is 0 Å². The van der Waals surface area contributed by atoms with E-state index in [1.54, 1.807) is 4.90 Å². The van der Waals surface area contributed by atoms with Crippen molar-refractivity contribution in [2.45, 2.75) is 64.6 Å². The van der Waals surface area contributed by atoms with Crippen molar-refractivity contribution in [2.24, 2.45) is 5.73 Å². The topological polar surface area (TPSA) is 100 Å². The fourth-order valence-electron chi connectivity index (χ4n) is 2.46. The van der Waals surface area contributed by atoms with Crippen LogP contribution in [0.15, 0.2) is 25.7 Å². The van der Waals surface area contributed by atoms with Crippen molar-refractivity contribution in [1.82, 2.24) is 4.90 Å². The first kappa shape index (κ1) is 25.6. The molecule has 0 heterocycles. The Bertz CT molecular complexity index is 426. The van der Waals surface area contributed by atoms with Gasteiger partial charge in [-0.3, -0.25) is 0 Å². The van der Waals surface area contributed by atoms with Gasteiger partial charge < -0.3 is 29.6 Å². The van der Waals surface area contributed by atoms with E-state index < -0.39 is 18.5 Å². The van der Waals surface area contributed by atoms with E-state index >= 15 is 0 Å². The lowest BCUT2D eigenvalue weighted by atomic mass is 10.2. The number of primary amides is 1.